The van der Waals surface area contributed by atoms with Gasteiger partial charge in [0.15, 0.2) is 0 Å². The second-order valence-electron chi connectivity index (χ2n) is 5.09. The van der Waals surface area contributed by atoms with E-state index >= 15 is 0 Å². The van der Waals surface area contributed by atoms with E-state index in [1.165, 1.54) is 0 Å². The van der Waals surface area contributed by atoms with Crippen molar-refractivity contribution in [1.29, 1.82) is 0 Å². The molecule has 0 spiro atoms. The smallest absolute Gasteiger partial charge is 0.317 e. The Kier molecular flexibility index (Phi) is 4.00. The molecule has 2 aromatic rings. The van der Waals surface area contributed by atoms with Crippen LogP contribution in [0.3, 0.4) is 0 Å². The first-order chi connectivity index (χ1) is 10.6. The lowest BCUT2D eigenvalue weighted by molar-refractivity contribution is 0.218. The first kappa shape index (κ1) is 14.8. The number of hydrogen-bond donors (Lipinski definition) is 2. The zero-order chi connectivity index (χ0) is 15.6. The van der Waals surface area contributed by atoms with E-state index in [2.05, 4.69) is 10.0 Å². The van der Waals surface area contributed by atoms with Gasteiger partial charge in [0.25, 0.3) is 0 Å². The summed E-state index contributed by atoms with van der Waals surface area (Å²) in [5.41, 5.74) is 0. The van der Waals surface area contributed by atoms with E-state index in [0.717, 1.165) is 5.39 Å². The molecule has 1 heterocycles. The zero-order valence-corrected chi connectivity index (χ0v) is 12.8. The number of nitrogens with one attached hydrogen (secondary N) is 2. The first-order valence-corrected chi connectivity index (χ1v) is 8.56. The number of carbonyl (C=O) groups is 1. The minimum atomic E-state index is -3.60. The second kappa shape index (κ2) is 5.94. The third-order valence-corrected chi connectivity index (χ3v) is 5.18. The molecule has 0 bridgehead atoms. The van der Waals surface area contributed by atoms with E-state index in [4.69, 9.17) is 0 Å². The summed E-state index contributed by atoms with van der Waals surface area (Å²) in [5.74, 6) is 0. The monoisotopic (exact) mass is 319 g/mol. The number of sulfonamides is 1. The van der Waals surface area contributed by atoms with Crippen molar-refractivity contribution >= 4 is 26.8 Å². The number of hydrogen-bond acceptors (Lipinski definition) is 3. The highest BCUT2D eigenvalue weighted by molar-refractivity contribution is 7.89. The Labute approximate surface area is 129 Å². The Morgan fingerprint density at radius 2 is 1.91 bits per heavy atom. The third kappa shape index (κ3) is 2.90. The minimum Gasteiger partial charge on any atom is -0.336 e. The second-order valence-corrected chi connectivity index (χ2v) is 6.83. The number of carbonyl (C=O) groups excluding carboxylic acids is 1. The lowest BCUT2D eigenvalue weighted by atomic mass is 10.1. The van der Waals surface area contributed by atoms with Crippen LogP contribution in [0.2, 0.25) is 0 Å². The molecular formula is C15H17N3O3S. The fourth-order valence-corrected chi connectivity index (χ4v) is 3.80. The van der Waals surface area contributed by atoms with Crippen LogP contribution in [-0.2, 0) is 10.0 Å². The lowest BCUT2D eigenvalue weighted by Gasteiger charge is -2.15. The van der Waals surface area contributed by atoms with Crippen LogP contribution < -0.4 is 10.0 Å². The van der Waals surface area contributed by atoms with Crippen molar-refractivity contribution in [2.24, 2.45) is 0 Å². The van der Waals surface area contributed by atoms with Crippen LogP contribution in [0.15, 0.2) is 47.4 Å². The van der Waals surface area contributed by atoms with Gasteiger partial charge in [-0.25, -0.2) is 17.9 Å². The van der Waals surface area contributed by atoms with Crippen molar-refractivity contribution in [2.45, 2.75) is 4.90 Å². The summed E-state index contributed by atoms with van der Waals surface area (Å²) in [4.78, 5) is 13.3. The minimum absolute atomic E-state index is 0.149. The van der Waals surface area contributed by atoms with Gasteiger partial charge < -0.3 is 10.2 Å². The molecular weight excluding hydrogens is 302 g/mol. The van der Waals surface area contributed by atoms with Gasteiger partial charge in [0.2, 0.25) is 10.0 Å². The molecule has 116 valence electrons. The van der Waals surface area contributed by atoms with Crippen molar-refractivity contribution in [3.05, 3.63) is 42.5 Å². The van der Waals surface area contributed by atoms with Gasteiger partial charge in [0.1, 0.15) is 0 Å². The zero-order valence-electron chi connectivity index (χ0n) is 12.0. The molecule has 2 aromatic carbocycles. The molecule has 22 heavy (non-hydrogen) atoms. The summed E-state index contributed by atoms with van der Waals surface area (Å²) in [6.07, 6.45) is 0. The fraction of sp³-hybridized carbons (Fsp3) is 0.267. The number of nitrogens with zero attached hydrogens (tertiary/aromatic N) is 1. The summed E-state index contributed by atoms with van der Waals surface area (Å²) >= 11 is 0. The summed E-state index contributed by atoms with van der Waals surface area (Å²) in [6.45, 7) is 1.76. The topological polar surface area (TPSA) is 78.5 Å². The Morgan fingerprint density at radius 1 is 1.14 bits per heavy atom. The van der Waals surface area contributed by atoms with Crippen molar-refractivity contribution in [3.63, 3.8) is 0 Å². The van der Waals surface area contributed by atoms with Gasteiger partial charge in [0, 0.05) is 31.6 Å². The molecule has 3 rings (SSSR count). The van der Waals surface area contributed by atoms with Gasteiger partial charge in [-0.1, -0.05) is 36.4 Å². The summed E-state index contributed by atoms with van der Waals surface area (Å²) in [6, 6.07) is 12.4. The molecule has 0 atom stereocenters. The SMILES string of the molecule is O=C1NCCN1CCNS(=O)(=O)c1cccc2ccccc12. The van der Waals surface area contributed by atoms with Crippen molar-refractivity contribution < 1.29 is 13.2 Å². The molecule has 0 radical (unpaired) electrons. The van der Waals surface area contributed by atoms with Gasteiger partial charge in [0.05, 0.1) is 4.90 Å². The Hall–Kier alpha value is -2.12. The summed E-state index contributed by atoms with van der Waals surface area (Å²) in [7, 11) is -3.60. The van der Waals surface area contributed by atoms with E-state index in [9.17, 15) is 13.2 Å². The van der Waals surface area contributed by atoms with Crippen LogP contribution in [-0.4, -0.2) is 45.5 Å². The number of benzene rings is 2. The van der Waals surface area contributed by atoms with Crippen LogP contribution in [0, 0.1) is 0 Å². The Morgan fingerprint density at radius 3 is 2.68 bits per heavy atom. The number of fused-ring (bicyclic) bond motifs is 1. The van der Waals surface area contributed by atoms with Gasteiger partial charge in [-0.15, -0.1) is 0 Å². The van der Waals surface area contributed by atoms with Crippen LogP contribution in [0.1, 0.15) is 0 Å². The van der Waals surface area contributed by atoms with Crippen molar-refractivity contribution in [1.82, 2.24) is 14.9 Å². The molecule has 0 unspecified atom stereocenters. The highest BCUT2D eigenvalue weighted by Crippen LogP contribution is 2.22. The standard InChI is InChI=1S/C15H17N3O3S/c19-15-16-8-10-18(15)11-9-17-22(20,21)14-7-3-5-12-4-1-2-6-13(12)14/h1-7,17H,8-11H2,(H,16,19). The van der Waals surface area contributed by atoms with E-state index in [1.54, 1.807) is 23.1 Å². The van der Waals surface area contributed by atoms with Gasteiger partial charge in [-0.3, -0.25) is 0 Å². The maximum Gasteiger partial charge on any atom is 0.317 e. The van der Waals surface area contributed by atoms with Crippen LogP contribution >= 0.6 is 0 Å². The number of urea groups is 1. The maximum atomic E-state index is 12.5. The number of amides is 2. The normalized spacial score (nSPS) is 15.3. The van der Waals surface area contributed by atoms with E-state index in [1.807, 2.05) is 24.3 Å². The van der Waals surface area contributed by atoms with Gasteiger partial charge in [-0.2, -0.15) is 0 Å². The molecule has 0 saturated carbocycles. The molecule has 1 aliphatic heterocycles. The molecule has 6 nitrogen and oxygen atoms in total. The first-order valence-electron chi connectivity index (χ1n) is 7.08. The summed E-state index contributed by atoms with van der Waals surface area (Å²) in [5, 5.41) is 4.25. The van der Waals surface area contributed by atoms with E-state index in [0.29, 0.717) is 25.0 Å². The van der Waals surface area contributed by atoms with Crippen LogP contribution in [0.5, 0.6) is 0 Å². The van der Waals surface area contributed by atoms with Gasteiger partial charge >= 0.3 is 6.03 Å². The lowest BCUT2D eigenvalue weighted by Crippen LogP contribution is -2.36. The molecule has 0 aliphatic carbocycles. The van der Waals surface area contributed by atoms with Gasteiger partial charge in [-0.05, 0) is 11.5 Å². The highest BCUT2D eigenvalue weighted by Gasteiger charge is 2.21. The Bertz CT molecular complexity index is 799. The van der Waals surface area contributed by atoms with Crippen LogP contribution in [0.4, 0.5) is 4.79 Å². The van der Waals surface area contributed by atoms with Crippen molar-refractivity contribution in [2.75, 3.05) is 26.2 Å². The molecule has 2 amide bonds. The number of rotatable bonds is 5. The quantitative estimate of drug-likeness (QED) is 0.867. The molecule has 2 N–H and O–H groups in total. The maximum absolute atomic E-state index is 12.5. The molecule has 1 aliphatic rings. The average molecular weight is 319 g/mol. The van der Waals surface area contributed by atoms with E-state index < -0.39 is 10.0 Å². The van der Waals surface area contributed by atoms with Crippen molar-refractivity contribution in [3.8, 4) is 0 Å². The fourth-order valence-electron chi connectivity index (χ4n) is 2.55. The summed E-state index contributed by atoms with van der Waals surface area (Å²) < 4.78 is 27.5. The predicted octanol–water partition coefficient (Wildman–Crippen LogP) is 1.14. The molecule has 7 heteroatoms. The molecule has 0 aromatic heterocycles. The van der Waals surface area contributed by atoms with E-state index in [-0.39, 0.29) is 17.5 Å². The Balaban J connectivity index is 1.76. The van der Waals surface area contributed by atoms with Crippen LogP contribution in [0.25, 0.3) is 10.8 Å². The third-order valence-electron chi connectivity index (χ3n) is 3.66. The molecule has 1 saturated heterocycles. The highest BCUT2D eigenvalue weighted by atomic mass is 32.2. The average Bonchev–Trinajstić information content (AvgIpc) is 2.92. The largest absolute Gasteiger partial charge is 0.336 e. The predicted molar refractivity (Wildman–Crippen MR) is 84.1 cm³/mol. The molecule has 1 fully saturated rings.